The van der Waals surface area contributed by atoms with Crippen LogP contribution in [0.1, 0.15) is 39.2 Å². The van der Waals surface area contributed by atoms with Crippen LogP contribution in [-0.2, 0) is 11.2 Å². The molecule has 0 unspecified atom stereocenters. The molecule has 2 aliphatic rings. The van der Waals surface area contributed by atoms with Crippen molar-refractivity contribution in [1.82, 2.24) is 9.88 Å². The maximum Gasteiger partial charge on any atom is 0.410 e. The van der Waals surface area contributed by atoms with E-state index in [1.165, 1.54) is 5.56 Å². The lowest BCUT2D eigenvalue weighted by atomic mass is 9.87. The van der Waals surface area contributed by atoms with E-state index < -0.39 is 5.60 Å². The molecule has 1 fully saturated rings. The van der Waals surface area contributed by atoms with Crippen molar-refractivity contribution < 1.29 is 14.3 Å². The molecule has 0 radical (unpaired) electrons. The Morgan fingerprint density at radius 2 is 2.10 bits per heavy atom. The number of amides is 1. The topological polar surface area (TPSA) is 51.7 Å². The van der Waals surface area contributed by atoms with E-state index in [1.807, 2.05) is 26.8 Å². The lowest BCUT2D eigenvalue weighted by Gasteiger charge is -2.38. The van der Waals surface area contributed by atoms with E-state index in [1.54, 1.807) is 11.1 Å². The molecule has 1 spiro atoms. The second kappa shape index (κ2) is 4.90. The normalized spacial score (nSPS) is 20.0. The van der Waals surface area contributed by atoms with Gasteiger partial charge in [0, 0.05) is 44.1 Å². The average Bonchev–Trinajstić information content (AvgIpc) is 2.75. The van der Waals surface area contributed by atoms with E-state index in [0.717, 1.165) is 25.1 Å². The third-order valence-electron chi connectivity index (χ3n) is 4.00. The Balaban J connectivity index is 1.61. The van der Waals surface area contributed by atoms with Crippen molar-refractivity contribution in [3.8, 4) is 5.88 Å². The summed E-state index contributed by atoms with van der Waals surface area (Å²) in [5, 5.41) is 0. The van der Waals surface area contributed by atoms with Gasteiger partial charge in [-0.3, -0.25) is 0 Å². The largest absolute Gasteiger partial charge is 0.470 e. The van der Waals surface area contributed by atoms with Gasteiger partial charge in [0.15, 0.2) is 0 Å². The molecule has 1 amide bonds. The van der Waals surface area contributed by atoms with Gasteiger partial charge >= 0.3 is 6.09 Å². The maximum absolute atomic E-state index is 12.1. The molecule has 3 rings (SSSR count). The summed E-state index contributed by atoms with van der Waals surface area (Å²) >= 11 is 0. The van der Waals surface area contributed by atoms with Gasteiger partial charge < -0.3 is 14.4 Å². The third kappa shape index (κ3) is 2.96. The Morgan fingerprint density at radius 1 is 1.38 bits per heavy atom. The Labute approximate surface area is 125 Å². The minimum Gasteiger partial charge on any atom is -0.470 e. The Hall–Kier alpha value is -1.78. The summed E-state index contributed by atoms with van der Waals surface area (Å²) in [6.45, 7) is 7.00. The second-order valence-corrected chi connectivity index (χ2v) is 6.90. The molecule has 1 aromatic rings. The first-order valence-corrected chi connectivity index (χ1v) is 7.48. The number of likely N-dealkylation sites (tertiary alicyclic amines) is 1. The fraction of sp³-hybridized carbons (Fsp3) is 0.625. The smallest absolute Gasteiger partial charge is 0.410 e. The minimum absolute atomic E-state index is 0.185. The molecule has 1 aromatic heterocycles. The standard InChI is InChI=1S/C16H22N2O3/c1-15(2,3)21-14(19)18-9-6-16(7-10-18)11-12-5-4-8-17-13(12)20-16/h4-5,8H,6-7,9-11H2,1-3H3. The third-order valence-corrected chi connectivity index (χ3v) is 4.00. The number of pyridine rings is 1. The molecule has 0 saturated carbocycles. The zero-order chi connectivity index (χ0) is 15.1. The van der Waals surface area contributed by atoms with Gasteiger partial charge in [-0.1, -0.05) is 6.07 Å². The number of fused-ring (bicyclic) bond motifs is 1. The highest BCUT2D eigenvalue weighted by Gasteiger charge is 2.43. The predicted molar refractivity (Wildman–Crippen MR) is 78.3 cm³/mol. The molecule has 3 heterocycles. The summed E-state index contributed by atoms with van der Waals surface area (Å²) in [7, 11) is 0. The fourth-order valence-corrected chi connectivity index (χ4v) is 2.94. The van der Waals surface area contributed by atoms with E-state index in [-0.39, 0.29) is 11.7 Å². The first kappa shape index (κ1) is 14.2. The highest BCUT2D eigenvalue weighted by Crippen LogP contribution is 2.39. The summed E-state index contributed by atoms with van der Waals surface area (Å²) < 4.78 is 11.5. The van der Waals surface area contributed by atoms with Gasteiger partial charge in [-0.25, -0.2) is 9.78 Å². The van der Waals surface area contributed by atoms with Crippen LogP contribution in [-0.4, -0.2) is 40.3 Å². The SMILES string of the molecule is CC(C)(C)OC(=O)N1CCC2(CC1)Cc1cccnc1O2. The summed E-state index contributed by atoms with van der Waals surface area (Å²) in [5.41, 5.74) is 0.536. The van der Waals surface area contributed by atoms with E-state index in [0.29, 0.717) is 13.1 Å². The first-order chi connectivity index (χ1) is 9.87. The highest BCUT2D eigenvalue weighted by molar-refractivity contribution is 5.68. The van der Waals surface area contributed by atoms with Crippen LogP contribution in [0, 0.1) is 0 Å². The fourth-order valence-electron chi connectivity index (χ4n) is 2.94. The molecule has 2 aliphatic heterocycles. The van der Waals surface area contributed by atoms with Crippen molar-refractivity contribution in [2.45, 2.75) is 51.2 Å². The van der Waals surface area contributed by atoms with Crippen LogP contribution in [0.15, 0.2) is 18.3 Å². The van der Waals surface area contributed by atoms with Crippen molar-refractivity contribution >= 4 is 6.09 Å². The summed E-state index contributed by atoms with van der Waals surface area (Å²) in [5.74, 6) is 0.753. The van der Waals surface area contributed by atoms with Crippen molar-refractivity contribution in [3.63, 3.8) is 0 Å². The van der Waals surface area contributed by atoms with Crippen molar-refractivity contribution in [2.24, 2.45) is 0 Å². The molecule has 1 saturated heterocycles. The minimum atomic E-state index is -0.448. The number of ether oxygens (including phenoxy) is 2. The molecule has 5 heteroatoms. The summed E-state index contributed by atoms with van der Waals surface area (Å²) in [6.07, 6.45) is 4.06. The molecule has 0 aromatic carbocycles. The van der Waals surface area contributed by atoms with Crippen LogP contribution >= 0.6 is 0 Å². The first-order valence-electron chi connectivity index (χ1n) is 7.48. The highest BCUT2D eigenvalue weighted by atomic mass is 16.6. The van der Waals surface area contributed by atoms with Gasteiger partial charge in [-0.05, 0) is 26.8 Å². The molecule has 0 bridgehead atoms. The monoisotopic (exact) mass is 290 g/mol. The zero-order valence-electron chi connectivity index (χ0n) is 12.9. The average molecular weight is 290 g/mol. The molecule has 0 N–H and O–H groups in total. The van der Waals surface area contributed by atoms with Gasteiger partial charge in [-0.2, -0.15) is 0 Å². The maximum atomic E-state index is 12.1. The molecule has 114 valence electrons. The van der Waals surface area contributed by atoms with Crippen LogP contribution in [0.25, 0.3) is 0 Å². The van der Waals surface area contributed by atoms with E-state index >= 15 is 0 Å². The van der Waals surface area contributed by atoms with E-state index in [2.05, 4.69) is 11.1 Å². The van der Waals surface area contributed by atoms with Gasteiger partial charge in [0.2, 0.25) is 5.88 Å². The van der Waals surface area contributed by atoms with Crippen LogP contribution in [0.4, 0.5) is 4.79 Å². The number of carbonyl (C=O) groups excluding carboxylic acids is 1. The van der Waals surface area contributed by atoms with E-state index in [9.17, 15) is 4.79 Å². The van der Waals surface area contributed by atoms with Crippen LogP contribution in [0.5, 0.6) is 5.88 Å². The number of hydrogen-bond donors (Lipinski definition) is 0. The van der Waals surface area contributed by atoms with Crippen molar-refractivity contribution in [3.05, 3.63) is 23.9 Å². The predicted octanol–water partition coefficient (Wildman–Crippen LogP) is 2.79. The number of carbonyl (C=O) groups is 1. The summed E-state index contributed by atoms with van der Waals surface area (Å²) in [6, 6.07) is 4.01. The van der Waals surface area contributed by atoms with Gasteiger partial charge in [0.25, 0.3) is 0 Å². The molecule has 0 atom stereocenters. The van der Waals surface area contributed by atoms with Crippen LogP contribution < -0.4 is 4.74 Å². The quantitative estimate of drug-likeness (QED) is 0.737. The van der Waals surface area contributed by atoms with Crippen molar-refractivity contribution in [2.75, 3.05) is 13.1 Å². The summed E-state index contributed by atoms with van der Waals surface area (Å²) in [4.78, 5) is 18.1. The second-order valence-electron chi connectivity index (χ2n) is 6.90. The molecule has 21 heavy (non-hydrogen) atoms. The van der Waals surface area contributed by atoms with E-state index in [4.69, 9.17) is 9.47 Å². The molecular weight excluding hydrogens is 268 g/mol. The lowest BCUT2D eigenvalue weighted by Crippen LogP contribution is -2.50. The zero-order valence-corrected chi connectivity index (χ0v) is 12.9. The molecule has 5 nitrogen and oxygen atoms in total. The van der Waals surface area contributed by atoms with Gasteiger partial charge in [0.1, 0.15) is 11.2 Å². The van der Waals surface area contributed by atoms with Gasteiger partial charge in [0.05, 0.1) is 0 Å². The number of aromatic nitrogens is 1. The van der Waals surface area contributed by atoms with Crippen molar-refractivity contribution in [1.29, 1.82) is 0 Å². The van der Waals surface area contributed by atoms with Crippen LogP contribution in [0.2, 0.25) is 0 Å². The number of piperidine rings is 1. The Kier molecular flexibility index (Phi) is 3.30. The molecular formula is C16H22N2O3. The van der Waals surface area contributed by atoms with Gasteiger partial charge in [-0.15, -0.1) is 0 Å². The van der Waals surface area contributed by atoms with Crippen LogP contribution in [0.3, 0.4) is 0 Å². The Bertz CT molecular complexity index is 516. The number of rotatable bonds is 0. The lowest BCUT2D eigenvalue weighted by molar-refractivity contribution is -0.00996. The number of nitrogens with zero attached hydrogens (tertiary/aromatic N) is 2. The molecule has 0 aliphatic carbocycles. The number of hydrogen-bond acceptors (Lipinski definition) is 4. The Morgan fingerprint density at radius 3 is 2.71 bits per heavy atom.